The van der Waals surface area contributed by atoms with Crippen LogP contribution in [0.1, 0.15) is 10.4 Å². The number of aliphatic imine (C=N–C) groups is 1. The molecule has 0 amide bonds. The molecular weight excluding hydrogens is 340 g/mol. The smallest absolute Gasteiger partial charge is 0.139 e. The van der Waals surface area contributed by atoms with Gasteiger partial charge in [0.2, 0.25) is 0 Å². The van der Waals surface area contributed by atoms with E-state index in [1.807, 2.05) is 12.1 Å². The maximum absolute atomic E-state index is 10.2. The van der Waals surface area contributed by atoms with Gasteiger partial charge in [-0.05, 0) is 28.0 Å². The zero-order chi connectivity index (χ0) is 17.5. The number of hydrogen-bond acceptors (Lipinski definition) is 4. The molecule has 0 saturated carbocycles. The summed E-state index contributed by atoms with van der Waals surface area (Å²) in [5, 5.41) is 17.1. The van der Waals surface area contributed by atoms with Gasteiger partial charge >= 0.3 is 0 Å². The van der Waals surface area contributed by atoms with Crippen molar-refractivity contribution >= 4 is 38.0 Å². The highest BCUT2D eigenvalue weighted by Crippen LogP contribution is 2.42. The van der Waals surface area contributed by atoms with Crippen molar-refractivity contribution in [2.75, 3.05) is 13.1 Å². The standard InChI is InChI=1S/C22H18N2OS/c25-13-18-15-6-2-1-5-14(15)9-10-16(18)20-17-7-3-4-8-19(17)26-21(20)22-23-11-12-24-22/h1-10,25H,11-13H2,(H,23,24). The minimum absolute atomic E-state index is 0.0141. The normalized spacial score (nSPS) is 14.0. The molecule has 2 N–H and O–H groups in total. The maximum atomic E-state index is 10.2. The molecule has 5 rings (SSSR count). The van der Waals surface area contributed by atoms with Crippen LogP contribution in [-0.4, -0.2) is 24.0 Å². The van der Waals surface area contributed by atoms with Gasteiger partial charge in [-0.15, -0.1) is 11.3 Å². The molecule has 0 saturated heterocycles. The number of rotatable bonds is 3. The van der Waals surface area contributed by atoms with Crippen LogP contribution in [0.4, 0.5) is 0 Å². The first-order valence-corrected chi connectivity index (χ1v) is 9.60. The predicted molar refractivity (Wildman–Crippen MR) is 110 cm³/mol. The Hall–Kier alpha value is -2.69. The van der Waals surface area contributed by atoms with Crippen LogP contribution in [0.5, 0.6) is 0 Å². The second-order valence-corrected chi connectivity index (χ2v) is 7.48. The lowest BCUT2D eigenvalue weighted by molar-refractivity contribution is 0.284. The van der Waals surface area contributed by atoms with Gasteiger partial charge in [-0.1, -0.05) is 54.6 Å². The third kappa shape index (κ3) is 2.34. The van der Waals surface area contributed by atoms with E-state index in [9.17, 15) is 5.11 Å². The van der Waals surface area contributed by atoms with Crippen LogP contribution in [0.3, 0.4) is 0 Å². The Bertz CT molecular complexity index is 1160. The first kappa shape index (κ1) is 15.6. The maximum Gasteiger partial charge on any atom is 0.139 e. The molecular formula is C22H18N2OS. The van der Waals surface area contributed by atoms with Gasteiger partial charge in [0.05, 0.1) is 18.0 Å². The highest BCUT2D eigenvalue weighted by molar-refractivity contribution is 7.21. The molecule has 1 aliphatic heterocycles. The van der Waals surface area contributed by atoms with Gasteiger partial charge in [0, 0.05) is 22.2 Å². The third-order valence-electron chi connectivity index (χ3n) is 4.95. The van der Waals surface area contributed by atoms with E-state index in [0.29, 0.717) is 0 Å². The van der Waals surface area contributed by atoms with Crippen LogP contribution in [0.15, 0.2) is 65.7 Å². The number of aliphatic hydroxyl groups is 1. The predicted octanol–water partition coefficient (Wildman–Crippen LogP) is 4.56. The molecule has 3 aromatic carbocycles. The Kier molecular flexibility index (Phi) is 3.73. The molecule has 26 heavy (non-hydrogen) atoms. The summed E-state index contributed by atoms with van der Waals surface area (Å²) in [5.41, 5.74) is 3.25. The fourth-order valence-electron chi connectivity index (χ4n) is 3.77. The zero-order valence-electron chi connectivity index (χ0n) is 14.2. The number of benzene rings is 3. The molecule has 2 heterocycles. The van der Waals surface area contributed by atoms with E-state index in [4.69, 9.17) is 0 Å². The van der Waals surface area contributed by atoms with Gasteiger partial charge in [-0.3, -0.25) is 4.99 Å². The lowest BCUT2D eigenvalue weighted by Crippen LogP contribution is -2.19. The number of nitrogens with one attached hydrogen (secondary N) is 1. The van der Waals surface area contributed by atoms with E-state index >= 15 is 0 Å². The fourth-order valence-corrected chi connectivity index (χ4v) is 4.97. The van der Waals surface area contributed by atoms with Crippen molar-refractivity contribution in [2.24, 2.45) is 4.99 Å². The van der Waals surface area contributed by atoms with Crippen molar-refractivity contribution in [3.8, 4) is 11.1 Å². The topological polar surface area (TPSA) is 44.6 Å². The summed E-state index contributed by atoms with van der Waals surface area (Å²) >= 11 is 1.77. The molecule has 0 spiro atoms. The first-order chi connectivity index (χ1) is 12.9. The summed E-state index contributed by atoms with van der Waals surface area (Å²) in [6.07, 6.45) is 0. The zero-order valence-corrected chi connectivity index (χ0v) is 15.0. The third-order valence-corrected chi connectivity index (χ3v) is 6.13. The van der Waals surface area contributed by atoms with Gasteiger partial charge < -0.3 is 10.4 Å². The Morgan fingerprint density at radius 3 is 2.58 bits per heavy atom. The van der Waals surface area contributed by atoms with Crippen molar-refractivity contribution in [1.82, 2.24) is 5.32 Å². The van der Waals surface area contributed by atoms with E-state index in [0.717, 1.165) is 45.7 Å². The molecule has 0 radical (unpaired) electrons. The Labute approximate surface area is 155 Å². The molecule has 1 aliphatic rings. The molecule has 0 unspecified atom stereocenters. The SMILES string of the molecule is OCc1c(-c2c(C3=NCCN3)sc3ccccc23)ccc2ccccc12. The van der Waals surface area contributed by atoms with Crippen LogP contribution >= 0.6 is 11.3 Å². The second kappa shape index (κ2) is 6.24. The van der Waals surface area contributed by atoms with E-state index in [-0.39, 0.29) is 6.61 Å². The molecule has 1 aromatic heterocycles. The Balaban J connectivity index is 1.87. The molecule has 128 valence electrons. The van der Waals surface area contributed by atoms with Gasteiger partial charge in [0.1, 0.15) is 5.84 Å². The number of aliphatic hydroxyl groups excluding tert-OH is 1. The van der Waals surface area contributed by atoms with Crippen molar-refractivity contribution < 1.29 is 5.11 Å². The van der Waals surface area contributed by atoms with Crippen LogP contribution in [0.25, 0.3) is 32.0 Å². The molecule has 4 aromatic rings. The molecule has 0 atom stereocenters. The number of amidine groups is 1. The second-order valence-electron chi connectivity index (χ2n) is 6.43. The van der Waals surface area contributed by atoms with Gasteiger partial charge in [0.15, 0.2) is 0 Å². The molecule has 0 fully saturated rings. The van der Waals surface area contributed by atoms with Crippen molar-refractivity contribution in [3.63, 3.8) is 0 Å². The van der Waals surface area contributed by atoms with Crippen molar-refractivity contribution in [3.05, 3.63) is 71.1 Å². The monoisotopic (exact) mass is 358 g/mol. The molecule has 4 heteroatoms. The van der Waals surface area contributed by atoms with Crippen molar-refractivity contribution in [2.45, 2.75) is 6.61 Å². The average Bonchev–Trinajstić information content (AvgIpc) is 3.34. The summed E-state index contributed by atoms with van der Waals surface area (Å²) < 4.78 is 1.24. The lowest BCUT2D eigenvalue weighted by atomic mass is 9.92. The summed E-state index contributed by atoms with van der Waals surface area (Å²) in [6, 6.07) is 21.0. The summed E-state index contributed by atoms with van der Waals surface area (Å²) in [5.74, 6) is 0.971. The lowest BCUT2D eigenvalue weighted by Gasteiger charge is -2.13. The Morgan fingerprint density at radius 1 is 0.962 bits per heavy atom. The van der Waals surface area contributed by atoms with Crippen LogP contribution in [-0.2, 0) is 6.61 Å². The average molecular weight is 358 g/mol. The van der Waals surface area contributed by atoms with Gasteiger partial charge in [-0.25, -0.2) is 0 Å². The number of nitrogens with zero attached hydrogens (tertiary/aromatic N) is 1. The molecule has 0 bridgehead atoms. The van der Waals surface area contributed by atoms with E-state index in [1.54, 1.807) is 11.3 Å². The van der Waals surface area contributed by atoms with Crippen LogP contribution in [0.2, 0.25) is 0 Å². The van der Waals surface area contributed by atoms with Crippen LogP contribution in [0, 0.1) is 0 Å². The summed E-state index contributed by atoms with van der Waals surface area (Å²) in [7, 11) is 0. The minimum atomic E-state index is 0.0141. The Morgan fingerprint density at radius 2 is 1.77 bits per heavy atom. The summed E-state index contributed by atoms with van der Waals surface area (Å²) in [4.78, 5) is 5.82. The first-order valence-electron chi connectivity index (χ1n) is 8.79. The quantitative estimate of drug-likeness (QED) is 0.564. The number of thiophene rings is 1. The molecule has 3 nitrogen and oxygen atoms in total. The van der Waals surface area contributed by atoms with Crippen molar-refractivity contribution in [1.29, 1.82) is 0 Å². The van der Waals surface area contributed by atoms with E-state index in [2.05, 4.69) is 58.8 Å². The number of hydrogen-bond donors (Lipinski definition) is 2. The fraction of sp³-hybridized carbons (Fsp3) is 0.136. The van der Waals surface area contributed by atoms with Gasteiger partial charge in [-0.2, -0.15) is 0 Å². The highest BCUT2D eigenvalue weighted by Gasteiger charge is 2.22. The summed E-state index contributed by atoms with van der Waals surface area (Å²) in [6.45, 7) is 1.71. The number of fused-ring (bicyclic) bond motifs is 2. The largest absolute Gasteiger partial charge is 0.392 e. The van der Waals surface area contributed by atoms with Gasteiger partial charge in [0.25, 0.3) is 0 Å². The molecule has 0 aliphatic carbocycles. The van der Waals surface area contributed by atoms with E-state index in [1.165, 1.54) is 15.6 Å². The van der Waals surface area contributed by atoms with E-state index < -0.39 is 0 Å². The minimum Gasteiger partial charge on any atom is -0.392 e. The van der Waals surface area contributed by atoms with Crippen LogP contribution < -0.4 is 5.32 Å². The highest BCUT2D eigenvalue weighted by atomic mass is 32.1.